The van der Waals surface area contributed by atoms with Crippen molar-refractivity contribution in [2.75, 3.05) is 24.5 Å². The summed E-state index contributed by atoms with van der Waals surface area (Å²) in [7, 11) is 0. The molecule has 1 rings (SSSR count). The first-order valence-electron chi connectivity index (χ1n) is 5.93. The predicted octanol–water partition coefficient (Wildman–Crippen LogP) is 2.86. The van der Waals surface area contributed by atoms with Gasteiger partial charge < -0.3 is 10.2 Å². The van der Waals surface area contributed by atoms with E-state index in [1.54, 1.807) is 6.20 Å². The Hall–Kier alpha value is -1.06. The van der Waals surface area contributed by atoms with Crippen molar-refractivity contribution >= 4 is 17.4 Å². The van der Waals surface area contributed by atoms with Crippen LogP contribution in [0.3, 0.4) is 0 Å². The highest BCUT2D eigenvalue weighted by molar-refractivity contribution is 6.31. The summed E-state index contributed by atoms with van der Waals surface area (Å²) in [5.41, 5.74) is 1.08. The van der Waals surface area contributed by atoms with E-state index in [2.05, 4.69) is 35.6 Å². The monoisotopic (exact) mass is 253 g/mol. The molecule has 0 bridgehead atoms. The van der Waals surface area contributed by atoms with Gasteiger partial charge in [0.25, 0.3) is 0 Å². The fourth-order valence-electron chi connectivity index (χ4n) is 1.58. The Morgan fingerprint density at radius 3 is 2.88 bits per heavy atom. The summed E-state index contributed by atoms with van der Waals surface area (Å²) >= 11 is 6.12. The summed E-state index contributed by atoms with van der Waals surface area (Å²) in [4.78, 5) is 6.51. The number of halogens is 1. The zero-order valence-electron chi connectivity index (χ0n) is 10.5. The van der Waals surface area contributed by atoms with Crippen LogP contribution in [-0.4, -0.2) is 24.6 Å². The Labute approximate surface area is 108 Å². The average Bonchev–Trinajstić information content (AvgIpc) is 2.35. The maximum Gasteiger partial charge on any atom is 0.129 e. The van der Waals surface area contributed by atoms with Crippen LogP contribution in [0.2, 0.25) is 5.02 Å². The molecule has 0 aliphatic rings. The fourth-order valence-corrected chi connectivity index (χ4v) is 1.75. The van der Waals surface area contributed by atoms with Gasteiger partial charge in [-0.15, -0.1) is 6.58 Å². The standard InChI is InChI=1S/C13H20ClN3/c1-4-7-17(6-3)13-8-11(9-15-5-2)12(14)10-16-13/h4,8,10,15H,1,5-7,9H2,2-3H3. The van der Waals surface area contributed by atoms with E-state index in [9.17, 15) is 0 Å². The van der Waals surface area contributed by atoms with Crippen molar-refractivity contribution in [3.05, 3.63) is 35.5 Å². The molecule has 0 atom stereocenters. The molecule has 1 aromatic rings. The molecular formula is C13H20ClN3. The maximum atomic E-state index is 6.12. The number of hydrogen-bond acceptors (Lipinski definition) is 3. The number of aromatic nitrogens is 1. The second-order valence-corrected chi connectivity index (χ2v) is 4.15. The first kappa shape index (κ1) is 14.0. The Morgan fingerprint density at radius 2 is 2.29 bits per heavy atom. The van der Waals surface area contributed by atoms with Gasteiger partial charge in [-0.25, -0.2) is 4.98 Å². The number of likely N-dealkylation sites (N-methyl/N-ethyl adjacent to an activating group) is 1. The second-order valence-electron chi connectivity index (χ2n) is 3.74. The molecule has 0 amide bonds. The zero-order valence-corrected chi connectivity index (χ0v) is 11.3. The Bertz CT molecular complexity index is 366. The van der Waals surface area contributed by atoms with Gasteiger partial charge in [0.15, 0.2) is 0 Å². The van der Waals surface area contributed by atoms with Crippen LogP contribution in [0.1, 0.15) is 19.4 Å². The number of pyridine rings is 1. The quantitative estimate of drug-likeness (QED) is 0.758. The number of nitrogens with zero attached hydrogens (tertiary/aromatic N) is 2. The van der Waals surface area contributed by atoms with Gasteiger partial charge in [-0.05, 0) is 25.1 Å². The molecule has 0 saturated carbocycles. The van der Waals surface area contributed by atoms with Crippen LogP contribution in [0.15, 0.2) is 24.9 Å². The first-order chi connectivity index (χ1) is 8.22. The Morgan fingerprint density at radius 1 is 1.53 bits per heavy atom. The van der Waals surface area contributed by atoms with Gasteiger partial charge in [0, 0.05) is 25.8 Å². The van der Waals surface area contributed by atoms with Gasteiger partial charge in [-0.2, -0.15) is 0 Å². The predicted molar refractivity (Wildman–Crippen MR) is 74.7 cm³/mol. The molecule has 17 heavy (non-hydrogen) atoms. The van der Waals surface area contributed by atoms with E-state index in [4.69, 9.17) is 11.6 Å². The van der Waals surface area contributed by atoms with Crippen molar-refractivity contribution in [2.45, 2.75) is 20.4 Å². The smallest absolute Gasteiger partial charge is 0.129 e. The van der Waals surface area contributed by atoms with Crippen molar-refractivity contribution in [2.24, 2.45) is 0 Å². The molecule has 1 N–H and O–H groups in total. The van der Waals surface area contributed by atoms with Crippen LogP contribution < -0.4 is 10.2 Å². The summed E-state index contributed by atoms with van der Waals surface area (Å²) in [5.74, 6) is 0.949. The van der Waals surface area contributed by atoms with Crippen LogP contribution in [0.5, 0.6) is 0 Å². The number of rotatable bonds is 7. The molecule has 0 fully saturated rings. The van der Waals surface area contributed by atoms with E-state index in [1.807, 2.05) is 12.1 Å². The summed E-state index contributed by atoms with van der Waals surface area (Å²) in [6.45, 7) is 11.3. The van der Waals surface area contributed by atoms with Crippen molar-refractivity contribution in [1.82, 2.24) is 10.3 Å². The molecular weight excluding hydrogens is 234 g/mol. The largest absolute Gasteiger partial charge is 0.353 e. The molecule has 1 aromatic heterocycles. The summed E-state index contributed by atoms with van der Waals surface area (Å²) in [6.07, 6.45) is 3.60. The van der Waals surface area contributed by atoms with Gasteiger partial charge in [0.2, 0.25) is 0 Å². The fraction of sp³-hybridized carbons (Fsp3) is 0.462. The maximum absolute atomic E-state index is 6.12. The van der Waals surface area contributed by atoms with Gasteiger partial charge >= 0.3 is 0 Å². The number of anilines is 1. The summed E-state index contributed by atoms with van der Waals surface area (Å²) in [5, 5.41) is 3.98. The molecule has 94 valence electrons. The molecule has 0 aliphatic heterocycles. The van der Waals surface area contributed by atoms with Gasteiger partial charge in [0.05, 0.1) is 5.02 Å². The van der Waals surface area contributed by atoms with E-state index in [1.165, 1.54) is 0 Å². The lowest BCUT2D eigenvalue weighted by atomic mass is 10.2. The lowest BCUT2D eigenvalue weighted by Crippen LogP contribution is -2.24. The minimum absolute atomic E-state index is 0.712. The minimum Gasteiger partial charge on any atom is -0.353 e. The lowest BCUT2D eigenvalue weighted by Gasteiger charge is -2.21. The molecule has 0 spiro atoms. The molecule has 3 nitrogen and oxygen atoms in total. The van der Waals surface area contributed by atoms with Gasteiger partial charge in [0.1, 0.15) is 5.82 Å². The topological polar surface area (TPSA) is 28.2 Å². The molecule has 0 unspecified atom stereocenters. The third-order valence-corrected chi connectivity index (χ3v) is 2.88. The number of hydrogen-bond donors (Lipinski definition) is 1. The molecule has 0 saturated heterocycles. The second kappa shape index (κ2) is 7.30. The number of nitrogens with one attached hydrogen (secondary N) is 1. The highest BCUT2D eigenvalue weighted by Gasteiger charge is 2.07. The molecule has 4 heteroatoms. The third kappa shape index (κ3) is 4.02. The average molecular weight is 254 g/mol. The van der Waals surface area contributed by atoms with Gasteiger partial charge in [-0.1, -0.05) is 24.6 Å². The van der Waals surface area contributed by atoms with Crippen LogP contribution in [0.25, 0.3) is 0 Å². The molecule has 0 radical (unpaired) electrons. The van der Waals surface area contributed by atoms with Crippen molar-refractivity contribution in [1.29, 1.82) is 0 Å². The highest BCUT2D eigenvalue weighted by atomic mass is 35.5. The minimum atomic E-state index is 0.712. The molecule has 0 aromatic carbocycles. The van der Waals surface area contributed by atoms with E-state index >= 15 is 0 Å². The zero-order chi connectivity index (χ0) is 12.7. The summed E-state index contributed by atoms with van der Waals surface area (Å²) < 4.78 is 0. The van der Waals surface area contributed by atoms with Crippen LogP contribution in [0.4, 0.5) is 5.82 Å². The van der Waals surface area contributed by atoms with Crippen LogP contribution in [-0.2, 0) is 6.54 Å². The van der Waals surface area contributed by atoms with Crippen molar-refractivity contribution in [3.63, 3.8) is 0 Å². The molecule has 0 aliphatic carbocycles. The van der Waals surface area contributed by atoms with Crippen LogP contribution in [0, 0.1) is 0 Å². The van der Waals surface area contributed by atoms with E-state index in [0.717, 1.165) is 37.6 Å². The third-order valence-electron chi connectivity index (χ3n) is 2.54. The highest BCUT2D eigenvalue weighted by Crippen LogP contribution is 2.20. The first-order valence-corrected chi connectivity index (χ1v) is 6.31. The van der Waals surface area contributed by atoms with Crippen LogP contribution >= 0.6 is 11.6 Å². The van der Waals surface area contributed by atoms with E-state index in [0.29, 0.717) is 5.02 Å². The van der Waals surface area contributed by atoms with Gasteiger partial charge in [-0.3, -0.25) is 0 Å². The Kier molecular flexibility index (Phi) is 6.01. The SMILES string of the molecule is C=CCN(CC)c1cc(CNCC)c(Cl)cn1. The Balaban J connectivity index is 2.89. The van der Waals surface area contributed by atoms with E-state index in [-0.39, 0.29) is 0 Å². The van der Waals surface area contributed by atoms with Crippen molar-refractivity contribution in [3.8, 4) is 0 Å². The van der Waals surface area contributed by atoms with E-state index < -0.39 is 0 Å². The lowest BCUT2D eigenvalue weighted by molar-refractivity contribution is 0.725. The normalized spacial score (nSPS) is 10.3. The summed E-state index contributed by atoms with van der Waals surface area (Å²) in [6, 6.07) is 2.04. The molecule has 1 heterocycles. The van der Waals surface area contributed by atoms with Crippen molar-refractivity contribution < 1.29 is 0 Å².